The van der Waals surface area contributed by atoms with Gasteiger partial charge in [0, 0.05) is 25.3 Å². The van der Waals surface area contributed by atoms with Gasteiger partial charge in [-0.1, -0.05) is 36.5 Å². The number of rotatable bonds is 10. The van der Waals surface area contributed by atoms with Crippen LogP contribution in [0.5, 0.6) is 0 Å². The Morgan fingerprint density at radius 3 is 3.12 bits per heavy atom. The number of aromatic carboxylic acids is 1. The van der Waals surface area contributed by atoms with Gasteiger partial charge in [0.15, 0.2) is 0 Å². The molecule has 5 nitrogen and oxygen atoms in total. The molecule has 2 heterocycles. The van der Waals surface area contributed by atoms with E-state index in [9.17, 15) is 4.79 Å². The molecule has 5 heteroatoms. The van der Waals surface area contributed by atoms with E-state index >= 15 is 0 Å². The molecule has 2 rings (SSSR count). The fraction of sp³-hybridized carbons (Fsp3) is 0.429. The number of allylic oxidation sites excluding steroid dienone is 5. The lowest BCUT2D eigenvalue weighted by Crippen LogP contribution is -2.32. The smallest absolute Gasteiger partial charge is 0.335 e. The number of hydrogen-bond acceptors (Lipinski definition) is 4. The van der Waals surface area contributed by atoms with Crippen molar-refractivity contribution in [3.63, 3.8) is 0 Å². The van der Waals surface area contributed by atoms with Crippen molar-refractivity contribution in [3.8, 4) is 0 Å². The summed E-state index contributed by atoms with van der Waals surface area (Å²) in [6.45, 7) is 9.63. The molecule has 1 unspecified atom stereocenters. The first-order valence-corrected chi connectivity index (χ1v) is 9.20. The van der Waals surface area contributed by atoms with Crippen molar-refractivity contribution >= 4 is 5.97 Å². The highest BCUT2D eigenvalue weighted by atomic mass is 16.4. The van der Waals surface area contributed by atoms with Gasteiger partial charge in [0.1, 0.15) is 0 Å². The van der Waals surface area contributed by atoms with E-state index in [2.05, 4.69) is 40.9 Å². The third kappa shape index (κ3) is 6.58. The minimum atomic E-state index is -0.913. The lowest BCUT2D eigenvalue weighted by atomic mass is 10.1. The number of likely N-dealkylation sites (tertiary alicyclic amines) is 1. The molecule has 0 aliphatic carbocycles. The molecule has 0 aromatic carbocycles. The Bertz CT molecular complexity index is 667. The SMILES string of the molecule is C=C/C=C\C(=C/C)CCCN1CCC(NCc2cc(C(=O)O)ccn2)C1. The summed E-state index contributed by atoms with van der Waals surface area (Å²) >= 11 is 0. The Hall–Kier alpha value is -2.24. The summed E-state index contributed by atoms with van der Waals surface area (Å²) in [5.74, 6) is -0.913. The van der Waals surface area contributed by atoms with Gasteiger partial charge in [-0.2, -0.15) is 0 Å². The van der Waals surface area contributed by atoms with E-state index in [-0.39, 0.29) is 5.56 Å². The van der Waals surface area contributed by atoms with E-state index in [0.29, 0.717) is 12.6 Å². The number of nitrogens with zero attached hydrogens (tertiary/aromatic N) is 2. The van der Waals surface area contributed by atoms with Crippen LogP contribution in [0.2, 0.25) is 0 Å². The van der Waals surface area contributed by atoms with Crippen molar-refractivity contribution in [1.29, 1.82) is 0 Å². The lowest BCUT2D eigenvalue weighted by molar-refractivity contribution is 0.0696. The largest absolute Gasteiger partial charge is 0.478 e. The minimum Gasteiger partial charge on any atom is -0.478 e. The molecule has 0 saturated carbocycles. The van der Waals surface area contributed by atoms with Gasteiger partial charge in [-0.3, -0.25) is 4.98 Å². The summed E-state index contributed by atoms with van der Waals surface area (Å²) in [6, 6.07) is 3.59. The molecule has 1 aliphatic heterocycles. The third-order valence-corrected chi connectivity index (χ3v) is 4.66. The van der Waals surface area contributed by atoms with E-state index < -0.39 is 5.97 Å². The molecule has 1 aromatic rings. The lowest BCUT2D eigenvalue weighted by Gasteiger charge is -2.16. The van der Waals surface area contributed by atoms with Crippen molar-refractivity contribution in [2.75, 3.05) is 19.6 Å². The van der Waals surface area contributed by atoms with Gasteiger partial charge in [0.25, 0.3) is 0 Å². The molecule has 1 aliphatic rings. The van der Waals surface area contributed by atoms with Gasteiger partial charge >= 0.3 is 5.97 Å². The Morgan fingerprint density at radius 1 is 1.54 bits per heavy atom. The zero-order chi connectivity index (χ0) is 18.8. The Balaban J connectivity index is 1.70. The monoisotopic (exact) mass is 355 g/mol. The van der Waals surface area contributed by atoms with Crippen LogP contribution in [0.4, 0.5) is 0 Å². The predicted octanol–water partition coefficient (Wildman–Crippen LogP) is 3.41. The molecule has 0 amide bonds. The first-order chi connectivity index (χ1) is 12.6. The van der Waals surface area contributed by atoms with Crippen LogP contribution >= 0.6 is 0 Å². The van der Waals surface area contributed by atoms with Gasteiger partial charge in [-0.05, 0) is 51.4 Å². The van der Waals surface area contributed by atoms with Crippen LogP contribution in [-0.4, -0.2) is 46.6 Å². The number of carboxylic acid groups (broad SMARTS) is 1. The van der Waals surface area contributed by atoms with Gasteiger partial charge in [0.2, 0.25) is 0 Å². The van der Waals surface area contributed by atoms with E-state index in [1.165, 1.54) is 11.6 Å². The third-order valence-electron chi connectivity index (χ3n) is 4.66. The highest BCUT2D eigenvalue weighted by Gasteiger charge is 2.21. The van der Waals surface area contributed by atoms with E-state index in [0.717, 1.165) is 44.6 Å². The molecule has 0 bridgehead atoms. The minimum absolute atomic E-state index is 0.287. The molecule has 1 atom stereocenters. The molecule has 26 heavy (non-hydrogen) atoms. The second kappa shape index (κ2) is 10.7. The number of aromatic nitrogens is 1. The van der Waals surface area contributed by atoms with Crippen LogP contribution in [0.15, 0.2) is 54.8 Å². The maximum absolute atomic E-state index is 11.0. The number of carbonyl (C=O) groups is 1. The van der Waals surface area contributed by atoms with E-state index in [1.54, 1.807) is 18.3 Å². The van der Waals surface area contributed by atoms with Crippen LogP contribution < -0.4 is 5.32 Å². The summed E-state index contributed by atoms with van der Waals surface area (Å²) in [7, 11) is 0. The fourth-order valence-corrected chi connectivity index (χ4v) is 3.18. The van der Waals surface area contributed by atoms with Gasteiger partial charge in [-0.25, -0.2) is 4.79 Å². The molecule has 0 spiro atoms. The summed E-state index contributed by atoms with van der Waals surface area (Å²) in [4.78, 5) is 17.8. The highest BCUT2D eigenvalue weighted by molar-refractivity contribution is 5.87. The van der Waals surface area contributed by atoms with Crippen molar-refractivity contribution in [2.45, 2.75) is 38.8 Å². The average molecular weight is 355 g/mol. The van der Waals surface area contributed by atoms with Gasteiger partial charge in [-0.15, -0.1) is 0 Å². The summed E-state index contributed by atoms with van der Waals surface area (Å²) in [5, 5.41) is 12.5. The zero-order valence-electron chi connectivity index (χ0n) is 15.5. The molecular weight excluding hydrogens is 326 g/mol. The summed E-state index contributed by atoms with van der Waals surface area (Å²) in [6.07, 6.45) is 13.0. The summed E-state index contributed by atoms with van der Waals surface area (Å²) < 4.78 is 0. The first kappa shape index (κ1) is 20.1. The van der Waals surface area contributed by atoms with Crippen molar-refractivity contribution in [2.24, 2.45) is 0 Å². The van der Waals surface area contributed by atoms with Crippen LogP contribution in [0.3, 0.4) is 0 Å². The Labute approximate surface area is 156 Å². The Morgan fingerprint density at radius 2 is 2.38 bits per heavy atom. The fourth-order valence-electron chi connectivity index (χ4n) is 3.18. The molecule has 1 aromatic heterocycles. The molecule has 1 saturated heterocycles. The number of hydrogen-bond donors (Lipinski definition) is 2. The van der Waals surface area contributed by atoms with Crippen molar-refractivity contribution in [3.05, 3.63) is 66.0 Å². The average Bonchev–Trinajstić information content (AvgIpc) is 3.11. The predicted molar refractivity (Wildman–Crippen MR) is 105 cm³/mol. The Kier molecular flexibility index (Phi) is 8.25. The number of nitrogens with one attached hydrogen (secondary N) is 1. The molecule has 0 radical (unpaired) electrons. The van der Waals surface area contributed by atoms with Crippen molar-refractivity contribution in [1.82, 2.24) is 15.2 Å². The van der Waals surface area contributed by atoms with E-state index in [1.807, 2.05) is 6.08 Å². The van der Waals surface area contributed by atoms with Gasteiger partial charge < -0.3 is 15.3 Å². The van der Waals surface area contributed by atoms with Crippen LogP contribution in [0.1, 0.15) is 42.2 Å². The molecule has 2 N–H and O–H groups in total. The maximum atomic E-state index is 11.0. The normalized spacial score (nSPS) is 18.5. The molecular formula is C21H29N3O2. The quantitative estimate of drug-likeness (QED) is 0.630. The van der Waals surface area contributed by atoms with Crippen molar-refractivity contribution < 1.29 is 9.90 Å². The number of pyridine rings is 1. The second-order valence-electron chi connectivity index (χ2n) is 6.57. The number of carboxylic acids is 1. The topological polar surface area (TPSA) is 65.5 Å². The first-order valence-electron chi connectivity index (χ1n) is 9.20. The standard InChI is InChI=1S/C21H29N3O2/c1-3-5-7-17(4-2)8-6-12-24-13-10-19(16-24)23-15-20-14-18(21(25)26)9-11-22-20/h3-5,7,9,11,14,19,23H,1,6,8,10,12-13,15-16H2,2H3,(H,25,26)/b7-5-,17-4+. The van der Waals surface area contributed by atoms with E-state index in [4.69, 9.17) is 5.11 Å². The summed E-state index contributed by atoms with van der Waals surface area (Å²) in [5.41, 5.74) is 2.41. The highest BCUT2D eigenvalue weighted by Crippen LogP contribution is 2.13. The maximum Gasteiger partial charge on any atom is 0.335 e. The zero-order valence-corrected chi connectivity index (χ0v) is 15.5. The van der Waals surface area contributed by atoms with Crippen LogP contribution in [0.25, 0.3) is 0 Å². The molecule has 1 fully saturated rings. The molecule has 140 valence electrons. The van der Waals surface area contributed by atoms with Gasteiger partial charge in [0.05, 0.1) is 11.3 Å². The van der Waals surface area contributed by atoms with Crippen LogP contribution in [0, 0.1) is 0 Å². The van der Waals surface area contributed by atoms with Crippen LogP contribution in [-0.2, 0) is 6.54 Å². The second-order valence-corrected chi connectivity index (χ2v) is 6.57.